The molecule has 26 heavy (non-hydrogen) atoms. The summed E-state index contributed by atoms with van der Waals surface area (Å²) in [6, 6.07) is 2.27. The van der Waals surface area contributed by atoms with Crippen LogP contribution in [0.25, 0.3) is 0 Å². The fourth-order valence-electron chi connectivity index (χ4n) is 4.91. The van der Waals surface area contributed by atoms with Gasteiger partial charge in [-0.1, -0.05) is 0 Å². The van der Waals surface area contributed by atoms with Crippen molar-refractivity contribution in [2.45, 2.75) is 64.8 Å². The summed E-state index contributed by atoms with van der Waals surface area (Å²) in [5.74, 6) is 0.287. The van der Waals surface area contributed by atoms with Gasteiger partial charge in [-0.05, 0) is 70.4 Å². The molecule has 1 atom stereocenters. The average molecular weight is 355 g/mol. The molecule has 0 radical (unpaired) electrons. The molecular weight excluding hydrogens is 326 g/mol. The summed E-state index contributed by atoms with van der Waals surface area (Å²) < 4.78 is 0. The van der Waals surface area contributed by atoms with Crippen LogP contribution in [0.3, 0.4) is 0 Å². The number of aryl methyl sites for hydroxylation is 2. The Morgan fingerprint density at radius 2 is 1.96 bits per heavy atom. The first-order valence-corrected chi connectivity index (χ1v) is 10.1. The molecule has 1 spiro atoms. The molecule has 2 amide bonds. The molecule has 0 unspecified atom stereocenters. The quantitative estimate of drug-likeness (QED) is 0.820. The van der Waals surface area contributed by atoms with Gasteiger partial charge in [0.05, 0.1) is 11.0 Å². The molecule has 0 saturated carbocycles. The van der Waals surface area contributed by atoms with Crippen LogP contribution in [-0.2, 0) is 17.6 Å². The second kappa shape index (κ2) is 6.67. The van der Waals surface area contributed by atoms with Crippen LogP contribution >= 0.6 is 0 Å². The molecule has 0 aromatic carbocycles. The van der Waals surface area contributed by atoms with Gasteiger partial charge >= 0.3 is 0 Å². The predicted octanol–water partition coefficient (Wildman–Crippen LogP) is 2.82. The van der Waals surface area contributed by atoms with Crippen molar-refractivity contribution in [3.8, 4) is 0 Å². The number of amides is 2. The number of hydrogen-bond acceptors (Lipinski definition) is 3. The van der Waals surface area contributed by atoms with E-state index in [1.807, 2.05) is 15.9 Å². The summed E-state index contributed by atoms with van der Waals surface area (Å²) in [4.78, 5) is 34.5. The number of fused-ring (bicyclic) bond motifs is 1. The minimum Gasteiger partial charge on any atom is -0.340 e. The number of carbonyl (C=O) groups excluding carboxylic acids is 2. The summed E-state index contributed by atoms with van der Waals surface area (Å²) in [6.07, 6.45) is 8.88. The van der Waals surface area contributed by atoms with Crippen LogP contribution in [-0.4, -0.2) is 52.3 Å². The van der Waals surface area contributed by atoms with Crippen molar-refractivity contribution >= 4 is 11.8 Å². The van der Waals surface area contributed by atoms with Crippen molar-refractivity contribution in [1.29, 1.82) is 0 Å². The highest BCUT2D eigenvalue weighted by molar-refractivity contribution is 5.95. The van der Waals surface area contributed by atoms with Crippen LogP contribution in [0.2, 0.25) is 0 Å². The number of hydrogen-bond donors (Lipinski definition) is 0. The van der Waals surface area contributed by atoms with Crippen molar-refractivity contribution in [1.82, 2.24) is 14.8 Å². The van der Waals surface area contributed by atoms with Crippen LogP contribution in [0.15, 0.2) is 12.3 Å². The van der Waals surface area contributed by atoms with Gasteiger partial charge in [-0.2, -0.15) is 0 Å². The van der Waals surface area contributed by atoms with E-state index in [0.29, 0.717) is 18.7 Å². The predicted molar refractivity (Wildman–Crippen MR) is 99.9 cm³/mol. The minimum absolute atomic E-state index is 0.0391. The molecule has 140 valence electrons. The number of likely N-dealkylation sites (tertiary alicyclic amines) is 2. The topological polar surface area (TPSA) is 53.5 Å². The van der Waals surface area contributed by atoms with Crippen molar-refractivity contribution in [2.24, 2.45) is 5.41 Å². The molecule has 3 aliphatic rings. The molecule has 0 N–H and O–H groups in total. The maximum Gasteiger partial charge on any atom is 0.255 e. The fourth-order valence-corrected chi connectivity index (χ4v) is 4.91. The highest BCUT2D eigenvalue weighted by Gasteiger charge is 2.49. The Bertz CT molecular complexity index is 730. The Labute approximate surface area is 155 Å². The molecule has 3 heterocycles. The molecule has 2 saturated heterocycles. The van der Waals surface area contributed by atoms with Gasteiger partial charge in [-0.15, -0.1) is 0 Å². The van der Waals surface area contributed by atoms with E-state index in [9.17, 15) is 9.59 Å². The normalized spacial score (nSPS) is 25.9. The summed E-state index contributed by atoms with van der Waals surface area (Å²) >= 11 is 0. The molecule has 5 heteroatoms. The van der Waals surface area contributed by atoms with E-state index in [2.05, 4.69) is 18.8 Å². The average Bonchev–Trinajstić information content (AvgIpc) is 3.08. The van der Waals surface area contributed by atoms with Gasteiger partial charge < -0.3 is 9.80 Å². The Kier molecular flexibility index (Phi) is 4.49. The third-order valence-corrected chi connectivity index (χ3v) is 6.45. The largest absolute Gasteiger partial charge is 0.340 e. The van der Waals surface area contributed by atoms with Gasteiger partial charge in [0, 0.05) is 37.6 Å². The molecular formula is C21H29N3O2. The third-order valence-electron chi connectivity index (χ3n) is 6.45. The molecule has 2 aliphatic heterocycles. The zero-order valence-corrected chi connectivity index (χ0v) is 16.0. The lowest BCUT2D eigenvalue weighted by Crippen LogP contribution is -2.52. The van der Waals surface area contributed by atoms with E-state index in [0.717, 1.165) is 44.3 Å². The first kappa shape index (κ1) is 17.5. The molecule has 1 aliphatic carbocycles. The highest BCUT2D eigenvalue weighted by Crippen LogP contribution is 2.41. The zero-order valence-electron chi connectivity index (χ0n) is 16.0. The highest BCUT2D eigenvalue weighted by atomic mass is 16.2. The van der Waals surface area contributed by atoms with Gasteiger partial charge in [-0.25, -0.2) is 0 Å². The number of rotatable bonds is 2. The molecule has 1 aromatic heterocycles. The van der Waals surface area contributed by atoms with Crippen molar-refractivity contribution < 1.29 is 9.59 Å². The van der Waals surface area contributed by atoms with Crippen LogP contribution in [0.4, 0.5) is 0 Å². The Balaban J connectivity index is 1.51. The van der Waals surface area contributed by atoms with E-state index in [1.54, 1.807) is 6.20 Å². The number of aromatic nitrogens is 1. The molecule has 1 aromatic rings. The van der Waals surface area contributed by atoms with E-state index >= 15 is 0 Å². The van der Waals surface area contributed by atoms with Crippen molar-refractivity contribution in [3.05, 3.63) is 29.1 Å². The SMILES string of the molecule is CC(C)N1CCC[C@]2(CCN(C(=O)c3cnc4c(c3)CCCC4)C2)C1=O. The van der Waals surface area contributed by atoms with Gasteiger partial charge in [0.1, 0.15) is 0 Å². The molecule has 0 bridgehead atoms. The van der Waals surface area contributed by atoms with Crippen LogP contribution in [0, 0.1) is 5.41 Å². The molecule has 4 rings (SSSR count). The second-order valence-corrected chi connectivity index (χ2v) is 8.49. The zero-order chi connectivity index (χ0) is 18.3. The number of pyridine rings is 1. The van der Waals surface area contributed by atoms with E-state index in [1.165, 1.54) is 18.4 Å². The van der Waals surface area contributed by atoms with Crippen molar-refractivity contribution in [3.63, 3.8) is 0 Å². The lowest BCUT2D eigenvalue weighted by Gasteiger charge is -2.41. The molecule has 2 fully saturated rings. The Morgan fingerprint density at radius 1 is 1.15 bits per heavy atom. The molecule has 5 nitrogen and oxygen atoms in total. The lowest BCUT2D eigenvalue weighted by molar-refractivity contribution is -0.147. The van der Waals surface area contributed by atoms with Crippen LogP contribution in [0.5, 0.6) is 0 Å². The minimum atomic E-state index is -0.361. The van der Waals surface area contributed by atoms with Gasteiger partial charge in [0.15, 0.2) is 0 Å². The maximum atomic E-state index is 13.1. The van der Waals surface area contributed by atoms with Gasteiger partial charge in [0.2, 0.25) is 5.91 Å². The van der Waals surface area contributed by atoms with E-state index in [4.69, 9.17) is 0 Å². The third kappa shape index (κ3) is 2.91. The van der Waals surface area contributed by atoms with Gasteiger partial charge in [-0.3, -0.25) is 14.6 Å². The summed E-state index contributed by atoms with van der Waals surface area (Å²) in [5.41, 5.74) is 2.71. The van der Waals surface area contributed by atoms with E-state index < -0.39 is 0 Å². The Morgan fingerprint density at radius 3 is 2.77 bits per heavy atom. The second-order valence-electron chi connectivity index (χ2n) is 8.49. The summed E-state index contributed by atoms with van der Waals surface area (Å²) in [7, 11) is 0. The smallest absolute Gasteiger partial charge is 0.255 e. The first-order chi connectivity index (χ1) is 12.5. The van der Waals surface area contributed by atoms with E-state index in [-0.39, 0.29) is 23.3 Å². The van der Waals surface area contributed by atoms with Crippen molar-refractivity contribution in [2.75, 3.05) is 19.6 Å². The number of piperidine rings is 1. The fraction of sp³-hybridized carbons (Fsp3) is 0.667. The van der Waals surface area contributed by atoms with Gasteiger partial charge in [0.25, 0.3) is 5.91 Å². The van der Waals surface area contributed by atoms with Crippen LogP contribution in [0.1, 0.15) is 67.6 Å². The summed E-state index contributed by atoms with van der Waals surface area (Å²) in [5, 5.41) is 0. The first-order valence-electron chi connectivity index (χ1n) is 10.1. The Hall–Kier alpha value is -1.91. The number of carbonyl (C=O) groups is 2. The lowest BCUT2D eigenvalue weighted by atomic mass is 9.78. The maximum absolute atomic E-state index is 13.1. The summed E-state index contributed by atoms with van der Waals surface area (Å²) in [6.45, 7) is 6.24. The monoisotopic (exact) mass is 355 g/mol. The standard InChI is InChI=1S/C21H29N3O2/c1-15(2)24-10-5-8-21(20(24)26)9-11-23(14-21)19(25)17-12-16-6-3-4-7-18(16)22-13-17/h12-13,15H,3-11,14H2,1-2H3/t21-/m1/s1. The number of nitrogens with zero attached hydrogens (tertiary/aromatic N) is 3. The van der Waals surface area contributed by atoms with Crippen LogP contribution < -0.4 is 0 Å².